The van der Waals surface area contributed by atoms with Crippen LogP contribution in [0.2, 0.25) is 0 Å². The lowest BCUT2D eigenvalue weighted by atomic mass is 9.94. The van der Waals surface area contributed by atoms with Gasteiger partial charge in [-0.2, -0.15) is 0 Å². The highest BCUT2D eigenvalue weighted by Crippen LogP contribution is 2.49. The van der Waals surface area contributed by atoms with E-state index in [1.54, 1.807) is 74.5 Å². The molecule has 0 heterocycles. The van der Waals surface area contributed by atoms with Crippen molar-refractivity contribution in [2.24, 2.45) is 0 Å². The fourth-order valence-electron chi connectivity index (χ4n) is 4.23. The fourth-order valence-corrected chi connectivity index (χ4v) is 5.87. The average Bonchev–Trinajstić information content (AvgIpc) is 2.98. The van der Waals surface area contributed by atoms with E-state index >= 15 is 0 Å². The number of carbonyl (C=O) groups excluding carboxylic acids is 3. The molecule has 43 heavy (non-hydrogen) atoms. The number of para-hydroxylation sites is 1. The number of methoxy groups -OCH3 is 1. The summed E-state index contributed by atoms with van der Waals surface area (Å²) in [5.74, 6) is -2.46. The molecule has 0 aliphatic carbocycles. The number of carboxylic acids is 1. The van der Waals surface area contributed by atoms with E-state index in [-0.39, 0.29) is 55.2 Å². The van der Waals surface area contributed by atoms with Gasteiger partial charge >= 0.3 is 19.5 Å². The highest BCUT2D eigenvalue weighted by atomic mass is 31.2. The molecule has 0 saturated heterocycles. The molecule has 3 aromatic rings. The average molecular weight is 614 g/mol. The molecule has 2 N–H and O–H groups in total. The lowest BCUT2D eigenvalue weighted by molar-refractivity contribution is -0.150. The maximum Gasteiger partial charge on any atom is 0.381 e. The van der Waals surface area contributed by atoms with Crippen molar-refractivity contribution in [1.82, 2.24) is 5.32 Å². The summed E-state index contributed by atoms with van der Waals surface area (Å²) in [6.45, 7) is 4.85. The number of rotatable bonds is 16. The van der Waals surface area contributed by atoms with Gasteiger partial charge in [-0.05, 0) is 61.4 Å². The first kappa shape index (κ1) is 33.3. The number of carbonyl (C=O) groups is 4. The zero-order valence-corrected chi connectivity index (χ0v) is 25.4. The number of nitrogens with one attached hydrogen (secondary N) is 1. The highest BCUT2D eigenvalue weighted by Gasteiger charge is 2.32. The van der Waals surface area contributed by atoms with Crippen LogP contribution in [0.25, 0.3) is 10.8 Å². The number of ether oxygens (including phenoxy) is 2. The topological polar surface area (TPSA) is 155 Å². The van der Waals surface area contributed by atoms with Crippen LogP contribution in [0.4, 0.5) is 0 Å². The van der Waals surface area contributed by atoms with E-state index in [9.17, 15) is 23.7 Å². The molecular weight excluding hydrogens is 577 g/mol. The Balaban J connectivity index is 1.73. The quantitative estimate of drug-likeness (QED) is 0.123. The Morgan fingerprint density at radius 3 is 2.33 bits per heavy atom. The van der Waals surface area contributed by atoms with Crippen LogP contribution in [0.5, 0.6) is 11.5 Å². The van der Waals surface area contributed by atoms with Gasteiger partial charge in [0.25, 0.3) is 0 Å². The van der Waals surface area contributed by atoms with Crippen molar-refractivity contribution < 1.29 is 47.4 Å². The Labute approximate surface area is 250 Å². The largest absolute Gasteiger partial charge is 0.496 e. The third-order valence-electron chi connectivity index (χ3n) is 6.55. The minimum Gasteiger partial charge on any atom is -0.496 e. The molecule has 1 unspecified atom stereocenters. The van der Waals surface area contributed by atoms with Crippen molar-refractivity contribution in [3.8, 4) is 11.5 Å². The Bertz CT molecular complexity index is 1510. The second-order valence-corrected chi connectivity index (χ2v) is 11.8. The number of aliphatic carboxylic acids is 1. The zero-order chi connectivity index (χ0) is 31.6. The van der Waals surface area contributed by atoms with E-state index < -0.39 is 31.6 Å². The summed E-state index contributed by atoms with van der Waals surface area (Å²) in [5.41, 5.74) is 0.923. The molecule has 1 amide bonds. The van der Waals surface area contributed by atoms with Crippen LogP contribution in [0.1, 0.15) is 55.5 Å². The number of benzene rings is 3. The lowest BCUT2D eigenvalue weighted by Crippen LogP contribution is -2.31. The van der Waals surface area contributed by atoms with Crippen molar-refractivity contribution in [2.75, 3.05) is 26.4 Å². The minimum absolute atomic E-state index is 0.0597. The molecule has 0 aromatic heterocycles. The van der Waals surface area contributed by atoms with Gasteiger partial charge in [0.05, 0.1) is 37.8 Å². The Hall–Kier alpha value is -4.21. The summed E-state index contributed by atoms with van der Waals surface area (Å²) in [6, 6.07) is 17.1. The zero-order valence-electron chi connectivity index (χ0n) is 24.5. The molecule has 3 atom stereocenters. The van der Waals surface area contributed by atoms with Gasteiger partial charge in [0, 0.05) is 13.0 Å². The molecule has 0 bridgehead atoms. The van der Waals surface area contributed by atoms with E-state index in [4.69, 9.17) is 23.6 Å². The molecule has 0 radical (unpaired) electrons. The summed E-state index contributed by atoms with van der Waals surface area (Å²) in [4.78, 5) is 48.8. The molecular formula is C31H36NO10P. The summed E-state index contributed by atoms with van der Waals surface area (Å²) in [6.07, 6.45) is -1.83. The predicted molar refractivity (Wildman–Crippen MR) is 160 cm³/mol. The molecule has 12 heteroatoms. The van der Waals surface area contributed by atoms with Crippen LogP contribution >= 0.6 is 7.60 Å². The van der Waals surface area contributed by atoms with Crippen molar-refractivity contribution in [2.45, 2.75) is 45.6 Å². The van der Waals surface area contributed by atoms with Gasteiger partial charge in [0.2, 0.25) is 5.91 Å². The first-order valence-electron chi connectivity index (χ1n) is 13.8. The first-order valence-corrected chi connectivity index (χ1v) is 15.5. The number of amides is 1. The van der Waals surface area contributed by atoms with Crippen molar-refractivity contribution in [1.29, 1.82) is 0 Å². The SMILES string of the molecule is CCOC(=O)[C@H](C)OP(=O)(CCNC(=O)[C@H](C)c1ccc2cc(OC)c(C(=O)CCC(=O)O)cc2c1)Oc1ccccc1. The molecule has 0 fully saturated rings. The molecule has 0 spiro atoms. The van der Waals surface area contributed by atoms with Gasteiger partial charge in [-0.3, -0.25) is 18.9 Å². The third kappa shape index (κ3) is 9.39. The van der Waals surface area contributed by atoms with E-state index in [0.29, 0.717) is 16.7 Å². The number of hydrogen-bond donors (Lipinski definition) is 2. The Morgan fingerprint density at radius 1 is 0.953 bits per heavy atom. The van der Waals surface area contributed by atoms with Crippen LogP contribution in [-0.4, -0.2) is 61.3 Å². The van der Waals surface area contributed by atoms with Crippen molar-refractivity contribution in [3.63, 3.8) is 0 Å². The van der Waals surface area contributed by atoms with E-state index in [1.807, 2.05) is 0 Å². The number of hydrogen-bond acceptors (Lipinski definition) is 9. The highest BCUT2D eigenvalue weighted by molar-refractivity contribution is 7.54. The summed E-state index contributed by atoms with van der Waals surface area (Å²) < 4.78 is 35.1. The van der Waals surface area contributed by atoms with Gasteiger partial charge in [-0.1, -0.05) is 36.4 Å². The second kappa shape index (κ2) is 15.3. The minimum atomic E-state index is -3.90. The number of fused-ring (bicyclic) bond motifs is 1. The molecule has 230 valence electrons. The van der Waals surface area contributed by atoms with Crippen LogP contribution < -0.4 is 14.6 Å². The number of ketones is 1. The summed E-state index contributed by atoms with van der Waals surface area (Å²) >= 11 is 0. The molecule has 0 saturated carbocycles. The molecule has 0 aliphatic rings. The maximum atomic E-state index is 13.6. The second-order valence-electron chi connectivity index (χ2n) is 9.73. The van der Waals surface area contributed by atoms with E-state index in [0.717, 1.165) is 5.39 Å². The van der Waals surface area contributed by atoms with Gasteiger partial charge in [0.1, 0.15) is 11.5 Å². The fraction of sp³-hybridized carbons (Fsp3) is 0.355. The monoisotopic (exact) mass is 613 g/mol. The van der Waals surface area contributed by atoms with Gasteiger partial charge < -0.3 is 24.4 Å². The van der Waals surface area contributed by atoms with E-state index in [2.05, 4.69) is 5.32 Å². The molecule has 3 aromatic carbocycles. The normalized spacial score (nSPS) is 13.8. The van der Waals surface area contributed by atoms with Gasteiger partial charge in [-0.25, -0.2) is 9.36 Å². The lowest BCUT2D eigenvalue weighted by Gasteiger charge is -2.23. The van der Waals surface area contributed by atoms with Crippen LogP contribution in [0.3, 0.4) is 0 Å². The predicted octanol–water partition coefficient (Wildman–Crippen LogP) is 5.36. The third-order valence-corrected chi connectivity index (χ3v) is 8.45. The number of carboxylic acid groups (broad SMARTS) is 1. The first-order chi connectivity index (χ1) is 20.5. The van der Waals surface area contributed by atoms with Crippen LogP contribution in [0.15, 0.2) is 60.7 Å². The Morgan fingerprint density at radius 2 is 1.67 bits per heavy atom. The molecule has 11 nitrogen and oxygen atoms in total. The standard InChI is InChI=1S/C31H36NO10P/c1-5-40-31(37)21(3)41-43(38,42-25-9-7-6-8-10-25)16-15-32-30(36)20(2)22-11-12-23-19-28(39-4)26(18-24(23)17-22)27(33)13-14-29(34)35/h6-12,17-21H,5,13-16H2,1-4H3,(H,32,36)(H,34,35)/t20-,21+,43?/m1/s1. The van der Waals surface area contributed by atoms with Gasteiger partial charge in [-0.15, -0.1) is 0 Å². The van der Waals surface area contributed by atoms with Crippen molar-refractivity contribution in [3.05, 3.63) is 71.8 Å². The van der Waals surface area contributed by atoms with Crippen LogP contribution in [-0.2, 0) is 28.2 Å². The van der Waals surface area contributed by atoms with Crippen LogP contribution in [0, 0.1) is 0 Å². The molecule has 3 rings (SSSR count). The summed E-state index contributed by atoms with van der Waals surface area (Å²) in [7, 11) is -2.46. The van der Waals surface area contributed by atoms with Crippen molar-refractivity contribution >= 4 is 42.0 Å². The van der Waals surface area contributed by atoms with E-state index in [1.165, 1.54) is 14.0 Å². The number of esters is 1. The summed E-state index contributed by atoms with van der Waals surface area (Å²) in [5, 5.41) is 13.1. The Kier molecular flexibility index (Phi) is 11.9. The maximum absolute atomic E-state index is 13.6. The molecule has 0 aliphatic heterocycles. The number of Topliss-reactive ketones (excluding diaryl/α,β-unsaturated/α-hetero) is 1. The smallest absolute Gasteiger partial charge is 0.381 e. The van der Waals surface area contributed by atoms with Gasteiger partial charge in [0.15, 0.2) is 11.9 Å².